The van der Waals surface area contributed by atoms with Gasteiger partial charge in [-0.2, -0.15) is 0 Å². The largest absolute Gasteiger partial charge is 0.378 e. The molecule has 2 N–H and O–H groups in total. The highest BCUT2D eigenvalue weighted by atomic mass is 16.6. The first kappa shape index (κ1) is 13.5. The summed E-state index contributed by atoms with van der Waals surface area (Å²) in [5, 5.41) is 16.9. The van der Waals surface area contributed by atoms with Gasteiger partial charge in [-0.25, -0.2) is 4.98 Å². The second-order valence-corrected chi connectivity index (χ2v) is 4.65. The van der Waals surface area contributed by atoms with Crippen molar-refractivity contribution in [1.82, 2.24) is 4.98 Å². The average molecular weight is 266 g/mol. The zero-order valence-corrected chi connectivity index (χ0v) is 11.0. The summed E-state index contributed by atoms with van der Waals surface area (Å²) in [4.78, 5) is 14.7. The molecule has 0 amide bonds. The van der Waals surface area contributed by atoms with Crippen molar-refractivity contribution < 1.29 is 9.66 Å². The molecule has 0 bridgehead atoms. The Morgan fingerprint density at radius 3 is 2.84 bits per heavy atom. The molecule has 19 heavy (non-hydrogen) atoms. The second kappa shape index (κ2) is 5.83. The number of pyridine rings is 1. The van der Waals surface area contributed by atoms with Gasteiger partial charge in [0.2, 0.25) is 0 Å². The predicted octanol–water partition coefficient (Wildman–Crippen LogP) is 2.01. The summed E-state index contributed by atoms with van der Waals surface area (Å²) in [6, 6.07) is 3.11. The van der Waals surface area contributed by atoms with Gasteiger partial charge in [0.1, 0.15) is 11.6 Å². The maximum Gasteiger partial charge on any atom is 0.276 e. The number of ether oxygens (including phenoxy) is 1. The molecule has 0 saturated carbocycles. The number of nitrogens with zero attached hydrogens (tertiary/aromatic N) is 2. The monoisotopic (exact) mass is 266 g/mol. The average Bonchev–Trinajstić information content (AvgIpc) is 2.38. The van der Waals surface area contributed by atoms with E-state index in [0.29, 0.717) is 18.2 Å². The first-order valence-corrected chi connectivity index (χ1v) is 6.31. The number of nitrogens with one attached hydrogen (secondary N) is 2. The summed E-state index contributed by atoms with van der Waals surface area (Å²) in [5.74, 6) is 1.01. The lowest BCUT2D eigenvalue weighted by Gasteiger charge is -2.28. The molecule has 1 saturated heterocycles. The second-order valence-electron chi connectivity index (χ2n) is 4.65. The quantitative estimate of drug-likeness (QED) is 0.640. The van der Waals surface area contributed by atoms with Crippen molar-refractivity contribution in [3.05, 3.63) is 22.2 Å². The molecule has 0 aromatic carbocycles. The predicted molar refractivity (Wildman–Crippen MR) is 72.5 cm³/mol. The summed E-state index contributed by atoms with van der Waals surface area (Å²) >= 11 is 0. The maximum atomic E-state index is 10.9. The van der Waals surface area contributed by atoms with Crippen LogP contribution in [0, 0.1) is 10.1 Å². The first-order chi connectivity index (χ1) is 9.08. The molecule has 1 aromatic rings. The van der Waals surface area contributed by atoms with Gasteiger partial charge in [0, 0.05) is 19.7 Å². The Kier molecular flexibility index (Phi) is 4.16. The third-order valence-electron chi connectivity index (χ3n) is 3.11. The van der Waals surface area contributed by atoms with E-state index >= 15 is 0 Å². The van der Waals surface area contributed by atoms with Crippen LogP contribution < -0.4 is 10.6 Å². The molecule has 7 nitrogen and oxygen atoms in total. The minimum Gasteiger partial charge on any atom is -0.378 e. The minimum atomic E-state index is -0.416. The van der Waals surface area contributed by atoms with E-state index in [9.17, 15) is 10.1 Å². The number of nitro groups is 1. The van der Waals surface area contributed by atoms with Crippen molar-refractivity contribution in [1.29, 1.82) is 0 Å². The summed E-state index contributed by atoms with van der Waals surface area (Å²) in [6.45, 7) is 2.72. The Morgan fingerprint density at radius 2 is 2.21 bits per heavy atom. The fourth-order valence-corrected chi connectivity index (χ4v) is 2.16. The van der Waals surface area contributed by atoms with Gasteiger partial charge in [-0.3, -0.25) is 10.1 Å². The number of rotatable bonds is 4. The number of hydrogen-bond acceptors (Lipinski definition) is 6. The van der Waals surface area contributed by atoms with Crippen LogP contribution in [0.25, 0.3) is 0 Å². The van der Waals surface area contributed by atoms with Gasteiger partial charge >= 0.3 is 0 Å². The third-order valence-corrected chi connectivity index (χ3v) is 3.11. The summed E-state index contributed by atoms with van der Waals surface area (Å²) in [7, 11) is 1.69. The smallest absolute Gasteiger partial charge is 0.276 e. The van der Waals surface area contributed by atoms with Crippen LogP contribution in [-0.2, 0) is 4.74 Å². The van der Waals surface area contributed by atoms with Crippen LogP contribution in [-0.4, -0.2) is 35.7 Å². The van der Waals surface area contributed by atoms with Crippen molar-refractivity contribution in [2.75, 3.05) is 24.3 Å². The van der Waals surface area contributed by atoms with Gasteiger partial charge in [0.15, 0.2) is 0 Å². The van der Waals surface area contributed by atoms with Crippen molar-refractivity contribution in [2.45, 2.75) is 31.9 Å². The summed E-state index contributed by atoms with van der Waals surface area (Å²) in [6.07, 6.45) is 1.96. The number of hydrogen-bond donors (Lipinski definition) is 2. The Balaban J connectivity index is 2.14. The Morgan fingerprint density at radius 1 is 1.47 bits per heavy atom. The fourth-order valence-electron chi connectivity index (χ4n) is 2.16. The molecule has 0 radical (unpaired) electrons. The van der Waals surface area contributed by atoms with Crippen molar-refractivity contribution >= 4 is 17.3 Å². The van der Waals surface area contributed by atoms with Crippen LogP contribution in [0.15, 0.2) is 12.1 Å². The lowest BCUT2D eigenvalue weighted by molar-refractivity contribution is -0.384. The van der Waals surface area contributed by atoms with Crippen LogP contribution in [0.2, 0.25) is 0 Å². The normalized spacial score (nSPS) is 22.8. The Hall–Kier alpha value is -1.89. The van der Waals surface area contributed by atoms with Gasteiger partial charge < -0.3 is 15.4 Å². The summed E-state index contributed by atoms with van der Waals surface area (Å²) < 4.78 is 5.47. The minimum absolute atomic E-state index is 0.0296. The van der Waals surface area contributed by atoms with Gasteiger partial charge in [0.05, 0.1) is 23.2 Å². The molecule has 1 fully saturated rings. The number of aromatic nitrogens is 1. The van der Waals surface area contributed by atoms with Crippen molar-refractivity contribution in [3.63, 3.8) is 0 Å². The van der Waals surface area contributed by atoms with E-state index in [1.165, 1.54) is 12.1 Å². The molecule has 0 aliphatic carbocycles. The van der Waals surface area contributed by atoms with E-state index in [1.54, 1.807) is 7.05 Å². The van der Waals surface area contributed by atoms with E-state index in [-0.39, 0.29) is 17.8 Å². The van der Waals surface area contributed by atoms with E-state index in [2.05, 4.69) is 15.6 Å². The molecule has 2 heterocycles. The maximum absolute atomic E-state index is 10.9. The lowest BCUT2D eigenvalue weighted by atomic mass is 10.0. The van der Waals surface area contributed by atoms with Gasteiger partial charge in [-0.05, 0) is 19.8 Å². The SMILES string of the molecule is CNc1cc([N+](=O)[O-])cc(NC2CCOC(C)C2)n1. The van der Waals surface area contributed by atoms with Gasteiger partial charge in [0.25, 0.3) is 5.69 Å². The van der Waals surface area contributed by atoms with Crippen LogP contribution in [0.4, 0.5) is 17.3 Å². The molecule has 1 aromatic heterocycles. The highest BCUT2D eigenvalue weighted by Crippen LogP contribution is 2.23. The first-order valence-electron chi connectivity index (χ1n) is 6.31. The highest BCUT2D eigenvalue weighted by molar-refractivity contribution is 5.54. The summed E-state index contributed by atoms with van der Waals surface area (Å²) in [5.41, 5.74) is 0.0296. The molecule has 2 unspecified atom stereocenters. The standard InChI is InChI=1S/C12H18N4O3/c1-8-5-9(3-4-19-8)14-12-7-10(16(17)18)6-11(13-2)15-12/h6-9H,3-5H2,1-2H3,(H2,13,14,15). The molecular weight excluding hydrogens is 248 g/mol. The van der Waals surface area contributed by atoms with Crippen molar-refractivity contribution in [3.8, 4) is 0 Å². The Labute approximate surface area is 111 Å². The topological polar surface area (TPSA) is 89.3 Å². The van der Waals surface area contributed by atoms with Gasteiger partial charge in [-0.1, -0.05) is 0 Å². The fraction of sp³-hybridized carbons (Fsp3) is 0.583. The van der Waals surface area contributed by atoms with E-state index in [1.807, 2.05) is 6.92 Å². The molecule has 2 rings (SSSR count). The third kappa shape index (κ3) is 3.54. The zero-order valence-electron chi connectivity index (χ0n) is 11.0. The lowest BCUT2D eigenvalue weighted by Crippen LogP contribution is -2.32. The van der Waals surface area contributed by atoms with Crippen LogP contribution >= 0.6 is 0 Å². The van der Waals surface area contributed by atoms with Crippen LogP contribution in [0.3, 0.4) is 0 Å². The molecule has 104 valence electrons. The number of anilines is 2. The molecular formula is C12H18N4O3. The van der Waals surface area contributed by atoms with Crippen molar-refractivity contribution in [2.24, 2.45) is 0 Å². The molecule has 2 atom stereocenters. The molecule has 7 heteroatoms. The molecule has 1 aliphatic heterocycles. The molecule has 0 spiro atoms. The van der Waals surface area contributed by atoms with E-state index in [0.717, 1.165) is 12.8 Å². The van der Waals surface area contributed by atoms with Crippen LogP contribution in [0.5, 0.6) is 0 Å². The van der Waals surface area contributed by atoms with E-state index in [4.69, 9.17) is 4.74 Å². The van der Waals surface area contributed by atoms with Crippen LogP contribution in [0.1, 0.15) is 19.8 Å². The molecule has 1 aliphatic rings. The van der Waals surface area contributed by atoms with E-state index < -0.39 is 4.92 Å². The van der Waals surface area contributed by atoms with Gasteiger partial charge in [-0.15, -0.1) is 0 Å². The Bertz CT molecular complexity index is 466. The highest BCUT2D eigenvalue weighted by Gasteiger charge is 2.20. The zero-order chi connectivity index (χ0) is 13.8.